The third-order valence-corrected chi connectivity index (χ3v) is 6.46. The van der Waals surface area contributed by atoms with Crippen molar-refractivity contribution in [1.82, 2.24) is 14.5 Å². The van der Waals surface area contributed by atoms with E-state index < -0.39 is 12.1 Å². The normalized spacial score (nSPS) is 14.9. The molecule has 4 aromatic rings. The fourth-order valence-electron chi connectivity index (χ4n) is 4.42. The molecule has 5 rings (SSSR count). The van der Waals surface area contributed by atoms with Crippen LogP contribution in [0.2, 0.25) is 0 Å². The molecule has 1 aliphatic rings. The van der Waals surface area contributed by atoms with Crippen molar-refractivity contribution in [2.24, 2.45) is 5.16 Å². The van der Waals surface area contributed by atoms with Crippen molar-refractivity contribution >= 4 is 28.6 Å². The molecule has 0 saturated carbocycles. The maximum absolute atomic E-state index is 12.2. The summed E-state index contributed by atoms with van der Waals surface area (Å²) in [6.07, 6.45) is 5.25. The lowest BCUT2D eigenvalue weighted by Crippen LogP contribution is -2.34. The summed E-state index contributed by atoms with van der Waals surface area (Å²) in [5, 5.41) is 4.22. The van der Waals surface area contributed by atoms with Crippen LogP contribution in [0.1, 0.15) is 32.3 Å². The van der Waals surface area contributed by atoms with Crippen LogP contribution in [-0.2, 0) is 19.2 Å². The first-order valence-electron chi connectivity index (χ1n) is 12.3. The van der Waals surface area contributed by atoms with Gasteiger partial charge in [0, 0.05) is 36.3 Å². The van der Waals surface area contributed by atoms with Gasteiger partial charge in [-0.05, 0) is 49.7 Å². The maximum atomic E-state index is 12.2. The second-order valence-electron chi connectivity index (χ2n) is 8.78. The average Bonchev–Trinajstić information content (AvgIpc) is 3.69. The van der Waals surface area contributed by atoms with Gasteiger partial charge in [0.25, 0.3) is 5.91 Å². The van der Waals surface area contributed by atoms with E-state index in [0.717, 1.165) is 39.1 Å². The number of carbonyl (C=O) groups is 2. The monoisotopic (exact) mass is 500 g/mol. The zero-order valence-corrected chi connectivity index (χ0v) is 20.8. The van der Waals surface area contributed by atoms with Gasteiger partial charge in [0.1, 0.15) is 12.4 Å². The summed E-state index contributed by atoms with van der Waals surface area (Å²) in [5.41, 5.74) is 6.51. The highest BCUT2D eigenvalue weighted by Gasteiger charge is 2.26. The Morgan fingerprint density at radius 3 is 2.73 bits per heavy atom. The molecule has 9 heteroatoms. The third kappa shape index (κ3) is 5.25. The fraction of sp³-hybridized carbons (Fsp3) is 0.286. The lowest BCUT2D eigenvalue weighted by atomic mass is 10.0. The number of amides is 1. The lowest BCUT2D eigenvalue weighted by molar-refractivity contribution is -0.153. The molecule has 1 aliphatic heterocycles. The van der Waals surface area contributed by atoms with Crippen LogP contribution in [0.5, 0.6) is 0 Å². The standard InChI is InChI=1S/C28H28N4O5/c1-3-31(4-2)27(33)17-36-28(34)15-23-14-24(30-37-23)20-6-5-7-22(12-20)32-18-29-25-13-19(8-9-26(25)32)21-10-11-35-16-21/h5-13,16,18,23H,3-4,14-15,17H2,1-2H3. The van der Waals surface area contributed by atoms with Gasteiger partial charge in [-0.2, -0.15) is 0 Å². The number of ether oxygens (including phenoxy) is 1. The Kier molecular flexibility index (Phi) is 7.02. The predicted octanol–water partition coefficient (Wildman–Crippen LogP) is 4.58. The minimum atomic E-state index is -0.476. The number of fused-ring (bicyclic) bond motifs is 1. The molecule has 0 spiro atoms. The molecule has 1 atom stereocenters. The van der Waals surface area contributed by atoms with Gasteiger partial charge in [-0.3, -0.25) is 14.2 Å². The molecule has 3 heterocycles. The number of esters is 1. The van der Waals surface area contributed by atoms with Gasteiger partial charge in [-0.25, -0.2) is 4.98 Å². The summed E-state index contributed by atoms with van der Waals surface area (Å²) in [6.45, 7) is 4.67. The van der Waals surface area contributed by atoms with Crippen LogP contribution in [0, 0.1) is 0 Å². The van der Waals surface area contributed by atoms with Gasteiger partial charge in [-0.1, -0.05) is 23.4 Å². The van der Waals surface area contributed by atoms with Crippen molar-refractivity contribution < 1.29 is 23.6 Å². The molecule has 190 valence electrons. The lowest BCUT2D eigenvalue weighted by Gasteiger charge is -2.18. The van der Waals surface area contributed by atoms with Gasteiger partial charge in [0.2, 0.25) is 0 Å². The van der Waals surface area contributed by atoms with Crippen molar-refractivity contribution in [3.63, 3.8) is 0 Å². The molecule has 0 saturated heterocycles. The first-order valence-corrected chi connectivity index (χ1v) is 12.3. The molecule has 0 bridgehead atoms. The molecule has 1 amide bonds. The molecule has 0 N–H and O–H groups in total. The van der Waals surface area contributed by atoms with Gasteiger partial charge in [0.15, 0.2) is 6.61 Å². The van der Waals surface area contributed by atoms with Crippen molar-refractivity contribution in [3.8, 4) is 16.8 Å². The minimum absolute atomic E-state index is 0.0311. The van der Waals surface area contributed by atoms with Crippen LogP contribution < -0.4 is 0 Å². The number of oxime groups is 1. The van der Waals surface area contributed by atoms with Crippen LogP contribution in [0.25, 0.3) is 27.8 Å². The van der Waals surface area contributed by atoms with Crippen molar-refractivity contribution in [3.05, 3.63) is 72.9 Å². The second kappa shape index (κ2) is 10.7. The van der Waals surface area contributed by atoms with Crippen LogP contribution in [0.3, 0.4) is 0 Å². The number of imidazole rings is 1. The Morgan fingerprint density at radius 2 is 1.95 bits per heavy atom. The van der Waals surface area contributed by atoms with Gasteiger partial charge >= 0.3 is 5.97 Å². The Hall–Kier alpha value is -4.40. The highest BCUT2D eigenvalue weighted by Crippen LogP contribution is 2.27. The van der Waals surface area contributed by atoms with Gasteiger partial charge in [-0.15, -0.1) is 0 Å². The van der Waals surface area contributed by atoms with E-state index >= 15 is 0 Å². The quantitative estimate of drug-likeness (QED) is 0.312. The smallest absolute Gasteiger partial charge is 0.310 e. The second-order valence-corrected chi connectivity index (χ2v) is 8.78. The zero-order valence-electron chi connectivity index (χ0n) is 20.8. The Morgan fingerprint density at radius 1 is 1.08 bits per heavy atom. The highest BCUT2D eigenvalue weighted by molar-refractivity contribution is 6.02. The molecular weight excluding hydrogens is 472 g/mol. The zero-order chi connectivity index (χ0) is 25.8. The summed E-state index contributed by atoms with van der Waals surface area (Å²) >= 11 is 0. The van der Waals surface area contributed by atoms with Crippen molar-refractivity contribution in [2.45, 2.75) is 32.8 Å². The topological polar surface area (TPSA) is 99.2 Å². The number of hydrogen-bond donors (Lipinski definition) is 0. The number of carbonyl (C=O) groups excluding carboxylic acids is 2. The first-order chi connectivity index (χ1) is 18.1. The minimum Gasteiger partial charge on any atom is -0.472 e. The van der Waals surface area contributed by atoms with E-state index in [2.05, 4.69) is 10.1 Å². The number of rotatable bonds is 9. The third-order valence-electron chi connectivity index (χ3n) is 6.46. The van der Waals surface area contributed by atoms with E-state index in [0.29, 0.717) is 19.5 Å². The molecule has 1 unspecified atom stereocenters. The number of likely N-dealkylation sites (N-methyl/N-ethyl adjacent to an activating group) is 1. The Bertz CT molecular complexity index is 1440. The maximum Gasteiger partial charge on any atom is 0.310 e. The average molecular weight is 501 g/mol. The van der Waals surface area contributed by atoms with E-state index in [1.165, 1.54) is 0 Å². The van der Waals surface area contributed by atoms with Gasteiger partial charge in [0.05, 0.1) is 35.7 Å². The molecule has 2 aromatic carbocycles. The van der Waals surface area contributed by atoms with E-state index in [9.17, 15) is 9.59 Å². The predicted molar refractivity (Wildman–Crippen MR) is 138 cm³/mol. The van der Waals surface area contributed by atoms with Crippen LogP contribution >= 0.6 is 0 Å². The molecule has 0 radical (unpaired) electrons. The molecule has 0 fully saturated rings. The molecule has 9 nitrogen and oxygen atoms in total. The number of hydrogen-bond acceptors (Lipinski definition) is 7. The fourth-order valence-corrected chi connectivity index (χ4v) is 4.42. The van der Waals surface area contributed by atoms with Crippen molar-refractivity contribution in [1.29, 1.82) is 0 Å². The molecule has 2 aromatic heterocycles. The largest absolute Gasteiger partial charge is 0.472 e. The molecular formula is C28H28N4O5. The number of benzene rings is 2. The Labute approximate surface area is 214 Å². The van der Waals surface area contributed by atoms with E-state index in [1.54, 1.807) is 23.8 Å². The van der Waals surface area contributed by atoms with E-state index in [1.807, 2.05) is 66.9 Å². The van der Waals surface area contributed by atoms with Crippen LogP contribution in [0.4, 0.5) is 0 Å². The van der Waals surface area contributed by atoms with E-state index in [-0.39, 0.29) is 18.9 Å². The Balaban J connectivity index is 1.23. The summed E-state index contributed by atoms with van der Waals surface area (Å²) in [4.78, 5) is 36.0. The summed E-state index contributed by atoms with van der Waals surface area (Å²) in [5.74, 6) is -0.681. The van der Waals surface area contributed by atoms with Crippen molar-refractivity contribution in [2.75, 3.05) is 19.7 Å². The summed E-state index contributed by atoms with van der Waals surface area (Å²) in [7, 11) is 0. The molecule has 37 heavy (non-hydrogen) atoms. The van der Waals surface area contributed by atoms with E-state index in [4.69, 9.17) is 14.0 Å². The molecule has 0 aliphatic carbocycles. The first kappa shape index (κ1) is 24.3. The highest BCUT2D eigenvalue weighted by atomic mass is 16.6. The number of nitrogens with zero attached hydrogens (tertiary/aromatic N) is 4. The summed E-state index contributed by atoms with van der Waals surface area (Å²) < 4.78 is 12.4. The van der Waals surface area contributed by atoms with Crippen LogP contribution in [0.15, 0.2) is 77.0 Å². The SMILES string of the molecule is CCN(CC)C(=O)COC(=O)CC1CC(c2cccc(-n3cnc4cc(-c5ccoc5)ccc43)c2)=NO1. The van der Waals surface area contributed by atoms with Crippen LogP contribution in [-0.4, -0.2) is 57.8 Å². The number of aromatic nitrogens is 2. The number of furan rings is 1. The summed E-state index contributed by atoms with van der Waals surface area (Å²) in [6, 6.07) is 16.0. The van der Waals surface area contributed by atoms with Gasteiger partial charge < -0.3 is 18.9 Å².